The van der Waals surface area contributed by atoms with Gasteiger partial charge in [0.15, 0.2) is 0 Å². The van der Waals surface area contributed by atoms with Gasteiger partial charge in [-0.15, -0.1) is 0 Å². The summed E-state index contributed by atoms with van der Waals surface area (Å²) in [6.07, 6.45) is 3.89. The highest BCUT2D eigenvalue weighted by molar-refractivity contribution is 5.98. The van der Waals surface area contributed by atoms with Gasteiger partial charge in [-0.05, 0) is 56.8 Å². The van der Waals surface area contributed by atoms with Gasteiger partial charge in [0, 0.05) is 30.2 Å². The third-order valence-electron chi connectivity index (χ3n) is 4.98. The molecule has 2 aromatic heterocycles. The second-order valence-electron chi connectivity index (χ2n) is 7.25. The first-order chi connectivity index (χ1) is 12.6. The van der Waals surface area contributed by atoms with Crippen molar-refractivity contribution in [2.24, 2.45) is 0 Å². The Kier molecular flexibility index (Phi) is 4.47. The first-order valence-electron chi connectivity index (χ1n) is 9.10. The number of nitrogens with zero attached hydrogens (tertiary/aromatic N) is 3. The lowest BCUT2D eigenvalue weighted by Crippen LogP contribution is -2.31. The Morgan fingerprint density at radius 2 is 2.12 bits per heavy atom. The summed E-state index contributed by atoms with van der Waals surface area (Å²) in [6.45, 7) is 1.60. The highest BCUT2D eigenvalue weighted by Crippen LogP contribution is 2.33. The van der Waals surface area contributed by atoms with Gasteiger partial charge in [0.1, 0.15) is 5.69 Å². The van der Waals surface area contributed by atoms with E-state index in [2.05, 4.69) is 20.9 Å². The number of hydrogen-bond donors (Lipinski definition) is 1. The number of H-pyrrole nitrogens is 1. The first-order valence-corrected chi connectivity index (χ1v) is 9.10. The molecule has 5 heteroatoms. The van der Waals surface area contributed by atoms with E-state index in [0.717, 1.165) is 42.5 Å². The molecule has 1 aliphatic rings. The number of aromatic amines is 1. The number of fused-ring (bicyclic) bond motifs is 1. The van der Waals surface area contributed by atoms with Crippen LogP contribution in [0, 0.1) is 0 Å². The molecule has 0 aliphatic carbocycles. The summed E-state index contributed by atoms with van der Waals surface area (Å²) >= 11 is 0. The zero-order chi connectivity index (χ0) is 18.1. The molecule has 1 aromatic carbocycles. The lowest BCUT2D eigenvalue weighted by atomic mass is 10.0. The van der Waals surface area contributed by atoms with E-state index in [0.29, 0.717) is 5.69 Å². The number of para-hydroxylation sites is 1. The molecule has 1 unspecified atom stereocenters. The molecule has 0 spiro atoms. The topological polar surface area (TPSA) is 52.2 Å². The Morgan fingerprint density at radius 1 is 1.27 bits per heavy atom. The van der Waals surface area contributed by atoms with Crippen molar-refractivity contribution >= 4 is 16.8 Å². The number of likely N-dealkylation sites (tertiary alicyclic amines) is 1. The lowest BCUT2D eigenvalue weighted by Gasteiger charge is -2.25. The van der Waals surface area contributed by atoms with Crippen LogP contribution in [0.3, 0.4) is 0 Å². The number of benzene rings is 1. The second kappa shape index (κ2) is 6.92. The van der Waals surface area contributed by atoms with Crippen molar-refractivity contribution < 1.29 is 4.79 Å². The van der Waals surface area contributed by atoms with Gasteiger partial charge in [0.25, 0.3) is 5.91 Å². The van der Waals surface area contributed by atoms with Gasteiger partial charge in [0.2, 0.25) is 0 Å². The molecule has 5 nitrogen and oxygen atoms in total. The fourth-order valence-electron chi connectivity index (χ4n) is 3.81. The highest BCUT2D eigenvalue weighted by atomic mass is 16.2. The van der Waals surface area contributed by atoms with Crippen LogP contribution >= 0.6 is 0 Å². The predicted octanol–water partition coefficient (Wildman–Crippen LogP) is 3.60. The van der Waals surface area contributed by atoms with Gasteiger partial charge in [-0.2, -0.15) is 0 Å². The van der Waals surface area contributed by atoms with Crippen LogP contribution in [0.4, 0.5) is 0 Å². The zero-order valence-corrected chi connectivity index (χ0v) is 15.3. The number of amides is 1. The van der Waals surface area contributed by atoms with Crippen LogP contribution in [-0.2, 0) is 6.54 Å². The van der Waals surface area contributed by atoms with Crippen LogP contribution in [0.15, 0.2) is 48.7 Å². The van der Waals surface area contributed by atoms with Gasteiger partial charge < -0.3 is 14.8 Å². The Hall–Kier alpha value is -2.66. The van der Waals surface area contributed by atoms with E-state index in [-0.39, 0.29) is 11.9 Å². The third-order valence-corrected chi connectivity index (χ3v) is 4.98. The second-order valence-corrected chi connectivity index (χ2v) is 7.25. The lowest BCUT2D eigenvalue weighted by molar-refractivity contribution is 0.0730. The van der Waals surface area contributed by atoms with Crippen LogP contribution in [0.25, 0.3) is 10.9 Å². The zero-order valence-electron chi connectivity index (χ0n) is 15.3. The van der Waals surface area contributed by atoms with E-state index in [1.165, 1.54) is 5.56 Å². The molecule has 134 valence electrons. The molecule has 3 aromatic rings. The standard InChI is InChI=1S/C21H24N4O/c1-24(2)14-17-12-16(9-10-22-17)20-8-5-11-25(20)21(26)19-13-15-6-3-4-7-18(15)23-19/h3-4,6-7,9-10,12-13,20,23H,5,8,11,14H2,1-2H3. The largest absolute Gasteiger partial charge is 0.351 e. The quantitative estimate of drug-likeness (QED) is 0.784. The van der Waals surface area contributed by atoms with Crippen molar-refractivity contribution in [2.75, 3.05) is 20.6 Å². The maximum absolute atomic E-state index is 13.1. The molecule has 0 radical (unpaired) electrons. The molecule has 3 heterocycles. The molecular weight excluding hydrogens is 324 g/mol. The molecule has 1 aliphatic heterocycles. The van der Waals surface area contributed by atoms with Crippen LogP contribution in [-0.4, -0.2) is 46.3 Å². The number of aromatic nitrogens is 2. The number of hydrogen-bond acceptors (Lipinski definition) is 3. The van der Waals surface area contributed by atoms with Gasteiger partial charge >= 0.3 is 0 Å². The Balaban J connectivity index is 1.61. The number of pyridine rings is 1. The Labute approximate surface area is 153 Å². The Bertz CT molecular complexity index is 897. The average molecular weight is 348 g/mol. The first kappa shape index (κ1) is 16.8. The highest BCUT2D eigenvalue weighted by Gasteiger charge is 2.31. The van der Waals surface area contributed by atoms with Crippen molar-refractivity contribution in [3.63, 3.8) is 0 Å². The van der Waals surface area contributed by atoms with Crippen LogP contribution in [0.1, 0.15) is 40.6 Å². The van der Waals surface area contributed by atoms with Crippen LogP contribution < -0.4 is 0 Å². The number of carbonyl (C=O) groups is 1. The summed E-state index contributed by atoms with van der Waals surface area (Å²) < 4.78 is 0. The van der Waals surface area contributed by atoms with E-state index >= 15 is 0 Å². The van der Waals surface area contributed by atoms with E-state index in [4.69, 9.17) is 0 Å². The van der Waals surface area contributed by atoms with Gasteiger partial charge in [-0.3, -0.25) is 9.78 Å². The molecule has 4 rings (SSSR count). The molecule has 26 heavy (non-hydrogen) atoms. The van der Waals surface area contributed by atoms with Gasteiger partial charge in [-0.25, -0.2) is 0 Å². The monoisotopic (exact) mass is 348 g/mol. The molecule has 1 saturated heterocycles. The van der Waals surface area contributed by atoms with E-state index in [1.54, 1.807) is 0 Å². The minimum absolute atomic E-state index is 0.0784. The summed E-state index contributed by atoms with van der Waals surface area (Å²) in [7, 11) is 4.07. The van der Waals surface area contributed by atoms with Crippen LogP contribution in [0.5, 0.6) is 0 Å². The van der Waals surface area contributed by atoms with Crippen molar-refractivity contribution in [1.29, 1.82) is 0 Å². The number of nitrogens with one attached hydrogen (secondary N) is 1. The van der Waals surface area contributed by atoms with Crippen molar-refractivity contribution in [1.82, 2.24) is 19.8 Å². The minimum Gasteiger partial charge on any atom is -0.351 e. The number of rotatable bonds is 4. The predicted molar refractivity (Wildman–Crippen MR) is 103 cm³/mol. The van der Waals surface area contributed by atoms with E-state index in [1.807, 2.05) is 61.6 Å². The minimum atomic E-state index is 0.0784. The summed E-state index contributed by atoms with van der Waals surface area (Å²) in [5, 5.41) is 1.07. The van der Waals surface area contributed by atoms with Crippen molar-refractivity contribution in [3.05, 3.63) is 65.6 Å². The molecular formula is C21H24N4O. The molecule has 1 atom stereocenters. The molecule has 0 bridgehead atoms. The Morgan fingerprint density at radius 3 is 2.92 bits per heavy atom. The van der Waals surface area contributed by atoms with E-state index in [9.17, 15) is 4.79 Å². The molecule has 1 amide bonds. The van der Waals surface area contributed by atoms with E-state index < -0.39 is 0 Å². The third kappa shape index (κ3) is 3.22. The average Bonchev–Trinajstić information content (AvgIpc) is 3.27. The van der Waals surface area contributed by atoms with Crippen LogP contribution in [0.2, 0.25) is 0 Å². The SMILES string of the molecule is CN(C)Cc1cc(C2CCCN2C(=O)c2cc3ccccc3[nH]2)ccn1. The smallest absolute Gasteiger partial charge is 0.270 e. The molecule has 0 saturated carbocycles. The maximum atomic E-state index is 13.1. The fraction of sp³-hybridized carbons (Fsp3) is 0.333. The number of carbonyl (C=O) groups excluding carboxylic acids is 1. The summed E-state index contributed by atoms with van der Waals surface area (Å²) in [6, 6.07) is 14.3. The van der Waals surface area contributed by atoms with Crippen molar-refractivity contribution in [2.45, 2.75) is 25.4 Å². The van der Waals surface area contributed by atoms with Crippen molar-refractivity contribution in [3.8, 4) is 0 Å². The van der Waals surface area contributed by atoms with Gasteiger partial charge in [0.05, 0.1) is 11.7 Å². The normalized spacial score (nSPS) is 17.3. The maximum Gasteiger partial charge on any atom is 0.270 e. The summed E-state index contributed by atoms with van der Waals surface area (Å²) in [5.74, 6) is 0.0784. The van der Waals surface area contributed by atoms with Gasteiger partial charge in [-0.1, -0.05) is 18.2 Å². The summed E-state index contributed by atoms with van der Waals surface area (Å²) in [4.78, 5) is 25.0. The summed E-state index contributed by atoms with van der Waals surface area (Å²) in [5.41, 5.74) is 3.89. The molecule has 1 fully saturated rings. The molecule has 1 N–H and O–H groups in total. The fourth-order valence-corrected chi connectivity index (χ4v) is 3.81.